The van der Waals surface area contributed by atoms with Gasteiger partial charge in [0.15, 0.2) is 5.82 Å². The number of hydrogen-bond acceptors (Lipinski definition) is 2. The number of rotatable bonds is 6. The van der Waals surface area contributed by atoms with E-state index in [4.69, 9.17) is 9.97 Å². The van der Waals surface area contributed by atoms with Gasteiger partial charge in [0.2, 0.25) is 0 Å². The Kier molecular flexibility index (Phi) is 7.90. The smallest absolute Gasteiger partial charge is 0.160 e. The highest BCUT2D eigenvalue weighted by atomic mass is 15.0. The average molecular weight is 743 g/mol. The summed E-state index contributed by atoms with van der Waals surface area (Å²) in [7, 11) is 0. The summed E-state index contributed by atoms with van der Waals surface area (Å²) in [4.78, 5) is 10.6. The maximum absolute atomic E-state index is 5.32. The van der Waals surface area contributed by atoms with Crippen molar-refractivity contribution in [3.63, 3.8) is 0 Å². The summed E-state index contributed by atoms with van der Waals surface area (Å²) in [5.41, 5.74) is 16.6. The highest BCUT2D eigenvalue weighted by Crippen LogP contribution is 2.42. The van der Waals surface area contributed by atoms with Crippen LogP contribution in [0.2, 0.25) is 0 Å². The van der Waals surface area contributed by atoms with Crippen LogP contribution in [0.4, 0.5) is 0 Å². The quantitative estimate of drug-likeness (QED) is 0.170. The lowest BCUT2D eigenvalue weighted by molar-refractivity contribution is 1.14. The Balaban J connectivity index is 1.15. The van der Waals surface area contributed by atoms with E-state index in [-0.39, 0.29) is 0 Å². The Labute approximate surface area is 337 Å². The number of aromatic nitrogens is 4. The molecule has 4 heteroatoms. The summed E-state index contributed by atoms with van der Waals surface area (Å²) >= 11 is 0. The number of benzene rings is 8. The topological polar surface area (TPSA) is 35.6 Å². The number of aryl methyl sites for hydroxylation is 1. The Hall–Kier alpha value is -7.56. The van der Waals surface area contributed by atoms with E-state index < -0.39 is 0 Å². The molecule has 0 aliphatic rings. The molecule has 0 N–H and O–H groups in total. The lowest BCUT2D eigenvalue weighted by Gasteiger charge is -2.15. The van der Waals surface area contributed by atoms with Crippen LogP contribution in [-0.4, -0.2) is 19.1 Å². The van der Waals surface area contributed by atoms with Gasteiger partial charge in [-0.3, -0.25) is 0 Å². The van der Waals surface area contributed by atoms with E-state index in [1.165, 1.54) is 38.1 Å². The summed E-state index contributed by atoms with van der Waals surface area (Å²) in [5.74, 6) is 0.706. The van der Waals surface area contributed by atoms with Crippen LogP contribution < -0.4 is 0 Å². The van der Waals surface area contributed by atoms with E-state index in [2.05, 4.69) is 211 Å². The second-order valence-corrected chi connectivity index (χ2v) is 15.1. The lowest BCUT2D eigenvalue weighted by atomic mass is 9.96. The maximum Gasteiger partial charge on any atom is 0.160 e. The molecule has 58 heavy (non-hydrogen) atoms. The van der Waals surface area contributed by atoms with Gasteiger partial charge in [-0.15, -0.1) is 0 Å². The van der Waals surface area contributed by atoms with Crippen LogP contribution in [0.25, 0.3) is 100 Å². The summed E-state index contributed by atoms with van der Waals surface area (Å²) in [6.45, 7) is 4.29. The van der Waals surface area contributed by atoms with Crippen LogP contribution in [0.15, 0.2) is 194 Å². The van der Waals surface area contributed by atoms with Crippen LogP contribution in [0.5, 0.6) is 0 Å². The van der Waals surface area contributed by atoms with Crippen molar-refractivity contribution >= 4 is 43.6 Å². The zero-order chi connectivity index (χ0) is 38.7. The predicted octanol–water partition coefficient (Wildman–Crippen LogP) is 14.0. The molecular formula is C54H38N4. The molecule has 0 saturated carbocycles. The fraction of sp³-hybridized carbons (Fsp3) is 0.0370. The van der Waals surface area contributed by atoms with Crippen molar-refractivity contribution in [3.8, 4) is 56.4 Å². The van der Waals surface area contributed by atoms with E-state index in [0.29, 0.717) is 5.82 Å². The minimum absolute atomic E-state index is 0.706. The molecule has 0 radical (unpaired) electrons. The molecule has 0 bridgehead atoms. The molecule has 0 amide bonds. The molecule has 11 rings (SSSR count). The van der Waals surface area contributed by atoms with Gasteiger partial charge in [-0.05, 0) is 85.1 Å². The molecule has 0 unspecified atom stereocenters. The average Bonchev–Trinajstić information content (AvgIpc) is 3.80. The summed E-state index contributed by atoms with van der Waals surface area (Å²) in [5, 5.41) is 4.90. The summed E-state index contributed by atoms with van der Waals surface area (Å²) in [6, 6.07) is 69.5. The predicted molar refractivity (Wildman–Crippen MR) is 242 cm³/mol. The Morgan fingerprint density at radius 3 is 1.67 bits per heavy atom. The molecule has 4 nitrogen and oxygen atoms in total. The van der Waals surface area contributed by atoms with Gasteiger partial charge in [-0.25, -0.2) is 9.97 Å². The monoisotopic (exact) mass is 742 g/mol. The van der Waals surface area contributed by atoms with Gasteiger partial charge in [0.1, 0.15) is 0 Å². The van der Waals surface area contributed by atoms with Crippen LogP contribution in [-0.2, 0) is 0 Å². The molecule has 0 spiro atoms. The minimum Gasteiger partial charge on any atom is -0.309 e. The van der Waals surface area contributed by atoms with Gasteiger partial charge < -0.3 is 9.13 Å². The van der Waals surface area contributed by atoms with Crippen LogP contribution in [0, 0.1) is 13.8 Å². The van der Waals surface area contributed by atoms with E-state index >= 15 is 0 Å². The van der Waals surface area contributed by atoms with Crippen molar-refractivity contribution in [2.24, 2.45) is 0 Å². The zero-order valence-electron chi connectivity index (χ0n) is 32.3. The van der Waals surface area contributed by atoms with Gasteiger partial charge in [-0.1, -0.05) is 140 Å². The van der Waals surface area contributed by atoms with Gasteiger partial charge in [0.25, 0.3) is 0 Å². The van der Waals surface area contributed by atoms with E-state index in [0.717, 1.165) is 67.2 Å². The van der Waals surface area contributed by atoms with Crippen molar-refractivity contribution < 1.29 is 0 Å². The Morgan fingerprint density at radius 1 is 0.362 bits per heavy atom. The molecule has 0 aliphatic heterocycles. The molecule has 8 aromatic carbocycles. The first-order valence-electron chi connectivity index (χ1n) is 19.8. The first-order valence-corrected chi connectivity index (χ1v) is 19.8. The van der Waals surface area contributed by atoms with Crippen LogP contribution >= 0.6 is 0 Å². The molecule has 0 fully saturated rings. The van der Waals surface area contributed by atoms with E-state index in [1.54, 1.807) is 0 Å². The normalized spacial score (nSPS) is 11.6. The molecular weight excluding hydrogens is 705 g/mol. The molecule has 0 aliphatic carbocycles. The standard InChI is InChI=1S/C54H38N4/c1-35-17-9-10-24-42(35)53-36(2)52(37-18-5-3-6-19-37)55-54(56-53)39-21-15-20-38(33-39)43-27-16-30-50-51(43)46-34-41(31-32-49(46)57(50)40-22-7-4-8-23-40)58-47-28-13-11-25-44(47)45-26-12-14-29-48(45)58/h3-34H,1-2H3. The van der Waals surface area contributed by atoms with E-state index in [9.17, 15) is 0 Å². The lowest BCUT2D eigenvalue weighted by Crippen LogP contribution is -2.01. The molecule has 3 heterocycles. The highest BCUT2D eigenvalue weighted by molar-refractivity contribution is 6.17. The number of fused-ring (bicyclic) bond motifs is 6. The molecule has 0 atom stereocenters. The second kappa shape index (κ2) is 13.6. The molecule has 11 aromatic rings. The van der Waals surface area contributed by atoms with Crippen molar-refractivity contribution in [2.45, 2.75) is 13.8 Å². The van der Waals surface area contributed by atoms with E-state index in [1.807, 2.05) is 6.07 Å². The van der Waals surface area contributed by atoms with Gasteiger partial charge in [0.05, 0.1) is 33.5 Å². The number of para-hydroxylation sites is 3. The summed E-state index contributed by atoms with van der Waals surface area (Å²) < 4.78 is 4.81. The molecule has 3 aromatic heterocycles. The van der Waals surface area contributed by atoms with Gasteiger partial charge >= 0.3 is 0 Å². The number of hydrogen-bond donors (Lipinski definition) is 0. The maximum atomic E-state index is 5.32. The van der Waals surface area contributed by atoms with Crippen LogP contribution in [0.1, 0.15) is 11.1 Å². The van der Waals surface area contributed by atoms with Crippen molar-refractivity contribution in [1.82, 2.24) is 19.1 Å². The van der Waals surface area contributed by atoms with Gasteiger partial charge in [0, 0.05) is 55.2 Å². The highest BCUT2D eigenvalue weighted by Gasteiger charge is 2.21. The second-order valence-electron chi connectivity index (χ2n) is 15.1. The summed E-state index contributed by atoms with van der Waals surface area (Å²) in [6.07, 6.45) is 0. The minimum atomic E-state index is 0.706. The van der Waals surface area contributed by atoms with Crippen molar-refractivity contribution in [1.29, 1.82) is 0 Å². The first kappa shape index (κ1) is 33.8. The SMILES string of the molecule is Cc1ccccc1-c1nc(-c2cccc(-c3cccc4c3c3cc(-n5c6ccccc6c6ccccc65)ccc3n4-c3ccccc3)c2)nc(-c2ccccc2)c1C. The number of nitrogens with zero attached hydrogens (tertiary/aromatic N) is 4. The Morgan fingerprint density at radius 2 is 0.914 bits per heavy atom. The fourth-order valence-corrected chi connectivity index (χ4v) is 8.94. The molecule has 274 valence electrons. The third-order valence-electron chi connectivity index (χ3n) is 11.7. The fourth-order valence-electron chi connectivity index (χ4n) is 8.94. The van der Waals surface area contributed by atoms with Gasteiger partial charge in [-0.2, -0.15) is 0 Å². The Bertz CT molecular complexity index is 3300. The van der Waals surface area contributed by atoms with Crippen molar-refractivity contribution in [2.75, 3.05) is 0 Å². The van der Waals surface area contributed by atoms with Crippen molar-refractivity contribution in [3.05, 3.63) is 205 Å². The molecule has 0 saturated heterocycles. The third-order valence-corrected chi connectivity index (χ3v) is 11.7. The largest absolute Gasteiger partial charge is 0.309 e. The third kappa shape index (κ3) is 5.37. The first-order chi connectivity index (χ1) is 28.6. The van der Waals surface area contributed by atoms with Crippen LogP contribution in [0.3, 0.4) is 0 Å². The zero-order valence-corrected chi connectivity index (χ0v) is 32.3.